The Morgan fingerprint density at radius 3 is 2.43 bits per heavy atom. The van der Waals surface area contributed by atoms with E-state index in [9.17, 15) is 31.5 Å². The lowest BCUT2D eigenvalue weighted by Crippen LogP contribution is -2.23. The minimum absolute atomic E-state index is 0.171. The molecule has 0 fully saturated rings. The number of aryl methyl sites for hydroxylation is 1. The summed E-state index contributed by atoms with van der Waals surface area (Å²) in [5.41, 5.74) is -3.73. The Morgan fingerprint density at radius 1 is 1.20 bits per heavy atom. The van der Waals surface area contributed by atoms with Crippen LogP contribution >= 0.6 is 22.7 Å². The number of benzene rings is 1. The predicted octanol–water partition coefficient (Wildman–Crippen LogP) is 3.54. The molecular weight excluding hydrogens is 463 g/mol. The van der Waals surface area contributed by atoms with E-state index in [1.165, 1.54) is 22.7 Å². The average molecular weight is 478 g/mol. The molecule has 0 atom stereocenters. The average Bonchev–Trinajstić information content (AvgIpc) is 3.27. The second-order valence-corrected chi connectivity index (χ2v) is 9.92. The van der Waals surface area contributed by atoms with E-state index in [1.807, 2.05) is 0 Å². The van der Waals surface area contributed by atoms with Crippen LogP contribution in [0, 0.1) is 6.92 Å². The summed E-state index contributed by atoms with van der Waals surface area (Å²) in [6.45, 7) is 1.60. The van der Waals surface area contributed by atoms with Gasteiger partial charge in [0, 0.05) is 5.38 Å². The number of carbonyl (C=O) groups is 1. The summed E-state index contributed by atoms with van der Waals surface area (Å²) in [5, 5.41) is 14.4. The number of rotatable bonds is 6. The summed E-state index contributed by atoms with van der Waals surface area (Å²) in [5.74, 6) is -0.459. The highest BCUT2D eigenvalue weighted by Crippen LogP contribution is 2.33. The fourth-order valence-electron chi connectivity index (χ4n) is 2.46. The normalized spacial score (nSPS) is 12.2. The van der Waals surface area contributed by atoms with Gasteiger partial charge in [0.15, 0.2) is 5.13 Å². The molecule has 0 radical (unpaired) electrons. The first-order valence-electron chi connectivity index (χ1n) is 8.24. The molecule has 7 nitrogen and oxygen atoms in total. The van der Waals surface area contributed by atoms with E-state index in [-0.39, 0.29) is 13.0 Å². The summed E-state index contributed by atoms with van der Waals surface area (Å²) >= 11 is 2.48. The number of hydrogen-bond donors (Lipinski definition) is 2. The smallest absolute Gasteiger partial charge is 0.389 e. The third kappa shape index (κ3) is 4.69. The van der Waals surface area contributed by atoms with E-state index in [0.29, 0.717) is 27.1 Å². The number of amides is 1. The number of alkyl halides is 3. The Hall–Kier alpha value is -2.35. The molecule has 2 N–H and O–H groups in total. The first-order valence-corrected chi connectivity index (χ1v) is 11.4. The Balaban J connectivity index is 1.66. The molecule has 0 saturated carbocycles. The van der Waals surface area contributed by atoms with Crippen LogP contribution in [0.5, 0.6) is 0 Å². The molecule has 3 rings (SSSR count). The standard InChI is InChI=1S/C17H14F3N3O4S3/c1-9-15(29-14(7-24)21-9)12-8-28-16(22-12)23-13(25)6-10-2-4-11(5-3-10)30(26,27)17(18,19)20/h2-5,8,24H,6-7H2,1H3,(H,22,23,25). The number of aliphatic hydroxyl groups is 1. The van der Waals surface area contributed by atoms with E-state index in [0.717, 1.165) is 29.1 Å². The van der Waals surface area contributed by atoms with Crippen LogP contribution in [0.25, 0.3) is 10.6 Å². The van der Waals surface area contributed by atoms with E-state index < -0.39 is 26.1 Å². The molecule has 1 amide bonds. The molecule has 160 valence electrons. The fraction of sp³-hybridized carbons (Fsp3) is 0.235. The quantitative estimate of drug-likeness (QED) is 0.562. The number of hydrogen-bond acceptors (Lipinski definition) is 8. The van der Waals surface area contributed by atoms with Gasteiger partial charge in [-0.3, -0.25) is 4.79 Å². The van der Waals surface area contributed by atoms with Crippen molar-refractivity contribution < 1.29 is 31.5 Å². The van der Waals surface area contributed by atoms with Crippen molar-refractivity contribution in [1.82, 2.24) is 9.97 Å². The zero-order chi connectivity index (χ0) is 22.1. The van der Waals surface area contributed by atoms with Crippen molar-refractivity contribution in [1.29, 1.82) is 0 Å². The molecule has 0 spiro atoms. The molecule has 1 aromatic carbocycles. The highest BCUT2D eigenvalue weighted by Gasteiger charge is 2.46. The minimum Gasteiger partial charge on any atom is -0.389 e. The van der Waals surface area contributed by atoms with Crippen LogP contribution in [0.3, 0.4) is 0 Å². The molecule has 0 aliphatic carbocycles. The second-order valence-electron chi connectivity index (χ2n) is 6.04. The maximum atomic E-state index is 12.6. The lowest BCUT2D eigenvalue weighted by Gasteiger charge is -2.08. The Labute approximate surface area is 177 Å². The lowest BCUT2D eigenvalue weighted by molar-refractivity contribution is -0.115. The van der Waals surface area contributed by atoms with Crippen LogP contribution < -0.4 is 5.32 Å². The van der Waals surface area contributed by atoms with Gasteiger partial charge in [-0.2, -0.15) is 13.2 Å². The van der Waals surface area contributed by atoms with Crippen molar-refractivity contribution in [2.45, 2.75) is 30.4 Å². The number of halogens is 3. The van der Waals surface area contributed by atoms with Crippen molar-refractivity contribution in [3.05, 3.63) is 45.9 Å². The molecule has 2 aromatic heterocycles. The molecule has 0 saturated heterocycles. The van der Waals surface area contributed by atoms with Crippen LogP contribution in [-0.4, -0.2) is 34.9 Å². The summed E-state index contributed by atoms with van der Waals surface area (Å²) in [7, 11) is -5.43. The molecule has 30 heavy (non-hydrogen) atoms. The van der Waals surface area contributed by atoms with Gasteiger partial charge in [0.2, 0.25) is 5.91 Å². The van der Waals surface area contributed by atoms with Gasteiger partial charge in [0.25, 0.3) is 9.84 Å². The van der Waals surface area contributed by atoms with Gasteiger partial charge in [-0.25, -0.2) is 18.4 Å². The SMILES string of the molecule is Cc1nc(CO)sc1-c1csc(NC(=O)Cc2ccc(S(=O)(=O)C(F)(F)F)cc2)n1. The fourth-order valence-corrected chi connectivity index (χ4v) is 4.90. The maximum Gasteiger partial charge on any atom is 0.501 e. The van der Waals surface area contributed by atoms with Gasteiger partial charge >= 0.3 is 5.51 Å². The van der Waals surface area contributed by atoms with Crippen LogP contribution in [0.15, 0.2) is 34.5 Å². The van der Waals surface area contributed by atoms with Crippen molar-refractivity contribution in [2.75, 3.05) is 5.32 Å². The van der Waals surface area contributed by atoms with Gasteiger partial charge in [0.1, 0.15) is 5.01 Å². The van der Waals surface area contributed by atoms with Gasteiger partial charge in [-0.05, 0) is 24.6 Å². The molecule has 0 unspecified atom stereocenters. The Kier molecular flexibility index (Phi) is 6.26. The van der Waals surface area contributed by atoms with Crippen LogP contribution in [-0.2, 0) is 27.7 Å². The van der Waals surface area contributed by atoms with Gasteiger partial charge in [-0.1, -0.05) is 12.1 Å². The number of anilines is 1. The number of nitrogens with one attached hydrogen (secondary N) is 1. The number of aliphatic hydroxyl groups excluding tert-OH is 1. The minimum atomic E-state index is -5.43. The highest BCUT2D eigenvalue weighted by molar-refractivity contribution is 7.92. The van der Waals surface area contributed by atoms with Gasteiger partial charge in [0.05, 0.1) is 34.2 Å². The summed E-state index contributed by atoms with van der Waals surface area (Å²) in [6, 6.07) is 3.95. The zero-order valence-electron chi connectivity index (χ0n) is 15.2. The molecule has 3 aromatic rings. The van der Waals surface area contributed by atoms with Crippen molar-refractivity contribution >= 4 is 43.5 Å². The number of aromatic nitrogens is 2. The largest absolute Gasteiger partial charge is 0.501 e. The van der Waals surface area contributed by atoms with Crippen LogP contribution in [0.2, 0.25) is 0 Å². The third-order valence-corrected chi connectivity index (χ3v) is 7.29. The molecular formula is C17H14F3N3O4S3. The van der Waals surface area contributed by atoms with Crippen molar-refractivity contribution in [3.8, 4) is 10.6 Å². The zero-order valence-corrected chi connectivity index (χ0v) is 17.7. The number of thiazole rings is 2. The van der Waals surface area contributed by atoms with E-state index in [1.54, 1.807) is 12.3 Å². The monoisotopic (exact) mass is 477 g/mol. The molecule has 2 heterocycles. The second kappa shape index (κ2) is 8.41. The first-order chi connectivity index (χ1) is 14.0. The third-order valence-electron chi connectivity index (χ3n) is 3.86. The summed E-state index contributed by atoms with van der Waals surface area (Å²) < 4.78 is 60.4. The Bertz CT molecular complexity index is 1170. The molecule has 13 heteroatoms. The molecule has 0 aliphatic rings. The van der Waals surface area contributed by atoms with Crippen molar-refractivity contribution in [3.63, 3.8) is 0 Å². The van der Waals surface area contributed by atoms with E-state index >= 15 is 0 Å². The lowest BCUT2D eigenvalue weighted by atomic mass is 10.1. The molecule has 0 aliphatic heterocycles. The number of nitrogens with zero attached hydrogens (tertiary/aromatic N) is 2. The van der Waals surface area contributed by atoms with Crippen LogP contribution in [0.4, 0.5) is 18.3 Å². The predicted molar refractivity (Wildman–Crippen MR) is 106 cm³/mol. The van der Waals surface area contributed by atoms with E-state index in [4.69, 9.17) is 0 Å². The van der Waals surface area contributed by atoms with Crippen molar-refractivity contribution in [2.24, 2.45) is 0 Å². The summed E-state index contributed by atoms with van der Waals surface area (Å²) in [6.07, 6.45) is -0.171. The first kappa shape index (κ1) is 22.3. The van der Waals surface area contributed by atoms with Crippen LogP contribution in [0.1, 0.15) is 16.3 Å². The number of sulfone groups is 1. The Morgan fingerprint density at radius 2 is 1.87 bits per heavy atom. The number of carbonyl (C=O) groups excluding carboxylic acids is 1. The molecule has 0 bridgehead atoms. The van der Waals surface area contributed by atoms with E-state index in [2.05, 4.69) is 15.3 Å². The summed E-state index contributed by atoms with van der Waals surface area (Å²) in [4.78, 5) is 20.6. The topological polar surface area (TPSA) is 109 Å². The van der Waals surface area contributed by atoms with Gasteiger partial charge in [-0.15, -0.1) is 22.7 Å². The highest BCUT2D eigenvalue weighted by atomic mass is 32.2. The van der Waals surface area contributed by atoms with Gasteiger partial charge < -0.3 is 10.4 Å². The maximum absolute atomic E-state index is 12.6.